The molecule has 0 saturated carbocycles. The van der Waals surface area contributed by atoms with E-state index in [0.717, 1.165) is 34.8 Å². The van der Waals surface area contributed by atoms with Crippen LogP contribution in [0, 0.1) is 6.92 Å². The van der Waals surface area contributed by atoms with Gasteiger partial charge in [0.15, 0.2) is 10.7 Å². The summed E-state index contributed by atoms with van der Waals surface area (Å²) in [6, 6.07) is 8.36. The Labute approximate surface area is 167 Å². The molecule has 1 spiro atoms. The van der Waals surface area contributed by atoms with Gasteiger partial charge in [0.05, 0.1) is 25.3 Å². The largest absolute Gasteiger partial charge is 0.347 e. The molecule has 4 heterocycles. The van der Waals surface area contributed by atoms with E-state index in [4.69, 9.17) is 14.5 Å². The van der Waals surface area contributed by atoms with Gasteiger partial charge in [-0.3, -0.25) is 9.20 Å². The molecule has 28 heavy (non-hydrogen) atoms. The molecule has 2 fully saturated rings. The molecular formula is C21H23N3O3S. The Morgan fingerprint density at radius 2 is 1.89 bits per heavy atom. The molecule has 2 aliphatic heterocycles. The van der Waals surface area contributed by atoms with Crippen LogP contribution in [-0.2, 0) is 20.7 Å². The second kappa shape index (κ2) is 6.99. The van der Waals surface area contributed by atoms with Crippen molar-refractivity contribution in [3.63, 3.8) is 0 Å². The van der Waals surface area contributed by atoms with Crippen LogP contribution < -0.4 is 0 Å². The van der Waals surface area contributed by atoms with E-state index < -0.39 is 5.79 Å². The molecule has 0 N–H and O–H groups in total. The van der Waals surface area contributed by atoms with Crippen LogP contribution in [0.4, 0.5) is 0 Å². The minimum absolute atomic E-state index is 0.151. The number of amides is 1. The van der Waals surface area contributed by atoms with Crippen LogP contribution >= 0.6 is 11.3 Å². The third-order valence-electron chi connectivity index (χ3n) is 5.65. The summed E-state index contributed by atoms with van der Waals surface area (Å²) in [6.45, 7) is 4.76. The normalized spacial score (nSPS) is 19.0. The lowest BCUT2D eigenvalue weighted by Gasteiger charge is -2.37. The predicted octanol–water partition coefficient (Wildman–Crippen LogP) is 3.28. The third-order valence-corrected chi connectivity index (χ3v) is 6.54. The maximum atomic E-state index is 12.8. The molecule has 146 valence electrons. The molecule has 2 saturated heterocycles. The van der Waals surface area contributed by atoms with Crippen molar-refractivity contribution in [3.05, 3.63) is 47.1 Å². The number of aryl methyl sites for hydroxylation is 1. The fraction of sp³-hybridized carbons (Fsp3) is 0.429. The summed E-state index contributed by atoms with van der Waals surface area (Å²) < 4.78 is 13.6. The average Bonchev–Trinajstić information content (AvgIpc) is 3.41. The molecule has 0 bridgehead atoms. The van der Waals surface area contributed by atoms with Crippen molar-refractivity contribution >= 4 is 22.2 Å². The number of piperidine rings is 1. The van der Waals surface area contributed by atoms with Gasteiger partial charge >= 0.3 is 0 Å². The number of hydrogen-bond donors (Lipinski definition) is 0. The highest BCUT2D eigenvalue weighted by atomic mass is 32.1. The lowest BCUT2D eigenvalue weighted by molar-refractivity contribution is -0.187. The quantitative estimate of drug-likeness (QED) is 0.681. The van der Waals surface area contributed by atoms with Crippen molar-refractivity contribution in [2.75, 3.05) is 26.3 Å². The first-order valence-corrected chi connectivity index (χ1v) is 10.6. The number of fused-ring (bicyclic) bond motifs is 1. The zero-order valence-electron chi connectivity index (χ0n) is 15.9. The molecule has 6 nitrogen and oxygen atoms in total. The van der Waals surface area contributed by atoms with Crippen molar-refractivity contribution in [3.8, 4) is 11.3 Å². The number of benzene rings is 1. The summed E-state index contributed by atoms with van der Waals surface area (Å²) in [4.78, 5) is 20.4. The van der Waals surface area contributed by atoms with Crippen LogP contribution in [0.15, 0.2) is 35.8 Å². The van der Waals surface area contributed by atoms with E-state index in [1.165, 1.54) is 5.56 Å². The summed E-state index contributed by atoms with van der Waals surface area (Å²) in [5, 5.41) is 2.04. The van der Waals surface area contributed by atoms with Gasteiger partial charge in [0.1, 0.15) is 0 Å². The van der Waals surface area contributed by atoms with Crippen LogP contribution in [0.2, 0.25) is 0 Å². The van der Waals surface area contributed by atoms with Crippen LogP contribution in [0.1, 0.15) is 24.1 Å². The Bertz CT molecular complexity index is 992. The maximum absolute atomic E-state index is 12.8. The molecule has 2 aromatic heterocycles. The van der Waals surface area contributed by atoms with Gasteiger partial charge in [-0.25, -0.2) is 4.98 Å². The van der Waals surface area contributed by atoms with Crippen molar-refractivity contribution < 1.29 is 14.3 Å². The van der Waals surface area contributed by atoms with E-state index in [-0.39, 0.29) is 5.91 Å². The summed E-state index contributed by atoms with van der Waals surface area (Å²) >= 11 is 1.58. The first-order valence-electron chi connectivity index (χ1n) is 9.70. The molecule has 0 unspecified atom stereocenters. The predicted molar refractivity (Wildman–Crippen MR) is 107 cm³/mol. The number of carbonyl (C=O) groups is 1. The van der Waals surface area contributed by atoms with E-state index in [0.29, 0.717) is 32.7 Å². The topological polar surface area (TPSA) is 56.1 Å². The summed E-state index contributed by atoms with van der Waals surface area (Å²) in [5.74, 6) is -0.294. The van der Waals surface area contributed by atoms with Gasteiger partial charge in [-0.2, -0.15) is 0 Å². The van der Waals surface area contributed by atoms with Crippen LogP contribution in [0.25, 0.3) is 16.2 Å². The van der Waals surface area contributed by atoms with E-state index in [9.17, 15) is 4.79 Å². The number of rotatable bonds is 3. The number of ether oxygens (including phenoxy) is 2. The van der Waals surface area contributed by atoms with E-state index in [2.05, 4.69) is 31.2 Å². The highest BCUT2D eigenvalue weighted by Gasteiger charge is 2.40. The molecule has 0 radical (unpaired) electrons. The lowest BCUT2D eigenvalue weighted by atomic mass is 10.0. The molecule has 3 aromatic rings. The zero-order chi connectivity index (χ0) is 19.1. The molecule has 1 amide bonds. The van der Waals surface area contributed by atoms with E-state index in [1.807, 2.05) is 20.9 Å². The van der Waals surface area contributed by atoms with Crippen LogP contribution in [-0.4, -0.2) is 52.3 Å². The molecule has 2 aliphatic rings. The van der Waals surface area contributed by atoms with Gasteiger partial charge in [0, 0.05) is 48.8 Å². The fourth-order valence-corrected chi connectivity index (χ4v) is 4.84. The minimum Gasteiger partial charge on any atom is -0.347 e. The summed E-state index contributed by atoms with van der Waals surface area (Å²) in [7, 11) is 0. The minimum atomic E-state index is -0.445. The number of aromatic nitrogens is 2. The first kappa shape index (κ1) is 17.8. The first-order chi connectivity index (χ1) is 13.6. The SMILES string of the molecule is Cc1ccc(-c2cn3c(CC(=O)N4CCC5(CC4)OCCO5)csc3n2)cc1. The number of imidazole rings is 1. The maximum Gasteiger partial charge on any atom is 0.228 e. The van der Waals surface area contributed by atoms with Crippen molar-refractivity contribution in [2.45, 2.75) is 32.0 Å². The number of hydrogen-bond acceptors (Lipinski definition) is 5. The Morgan fingerprint density at radius 3 is 2.61 bits per heavy atom. The molecule has 7 heteroatoms. The molecule has 0 atom stereocenters. The number of carbonyl (C=O) groups excluding carboxylic acids is 1. The number of thiazole rings is 1. The second-order valence-corrected chi connectivity index (χ2v) is 8.37. The lowest BCUT2D eigenvalue weighted by Crippen LogP contribution is -2.47. The van der Waals surface area contributed by atoms with Gasteiger partial charge in [0.2, 0.25) is 5.91 Å². The van der Waals surface area contributed by atoms with Crippen LogP contribution in [0.3, 0.4) is 0 Å². The Kier molecular flexibility index (Phi) is 4.45. The number of nitrogens with zero attached hydrogens (tertiary/aromatic N) is 3. The highest BCUT2D eigenvalue weighted by molar-refractivity contribution is 7.15. The standard InChI is InChI=1S/C21H23N3O3S/c1-15-2-4-16(5-3-15)18-13-24-17(14-28-20(24)22-18)12-19(25)23-8-6-21(7-9-23)26-10-11-27-21/h2-5,13-14H,6-12H2,1H3. The van der Waals surface area contributed by atoms with Crippen molar-refractivity contribution in [1.29, 1.82) is 0 Å². The molecular weight excluding hydrogens is 374 g/mol. The van der Waals surface area contributed by atoms with Crippen molar-refractivity contribution in [1.82, 2.24) is 14.3 Å². The zero-order valence-corrected chi connectivity index (χ0v) is 16.7. The molecule has 1 aromatic carbocycles. The number of likely N-dealkylation sites (tertiary alicyclic amines) is 1. The fourth-order valence-electron chi connectivity index (χ4n) is 3.97. The third kappa shape index (κ3) is 3.23. The Hall–Kier alpha value is -2.22. The monoisotopic (exact) mass is 397 g/mol. The molecule has 5 rings (SSSR count). The van der Waals surface area contributed by atoms with Gasteiger partial charge < -0.3 is 14.4 Å². The second-order valence-electron chi connectivity index (χ2n) is 7.54. The molecule has 0 aliphatic carbocycles. The Balaban J connectivity index is 1.30. The smallest absolute Gasteiger partial charge is 0.228 e. The Morgan fingerprint density at radius 1 is 1.18 bits per heavy atom. The van der Waals surface area contributed by atoms with E-state index >= 15 is 0 Å². The highest BCUT2D eigenvalue weighted by Crippen LogP contribution is 2.31. The summed E-state index contributed by atoms with van der Waals surface area (Å²) in [6.07, 6.45) is 3.92. The summed E-state index contributed by atoms with van der Waals surface area (Å²) in [5.41, 5.74) is 4.25. The van der Waals surface area contributed by atoms with E-state index in [1.54, 1.807) is 11.3 Å². The average molecular weight is 398 g/mol. The van der Waals surface area contributed by atoms with Gasteiger partial charge in [-0.15, -0.1) is 11.3 Å². The van der Waals surface area contributed by atoms with Crippen LogP contribution in [0.5, 0.6) is 0 Å². The van der Waals surface area contributed by atoms with Gasteiger partial charge in [-0.1, -0.05) is 29.8 Å². The van der Waals surface area contributed by atoms with Crippen molar-refractivity contribution in [2.24, 2.45) is 0 Å². The van der Waals surface area contributed by atoms with Gasteiger partial charge in [-0.05, 0) is 6.92 Å². The van der Waals surface area contributed by atoms with Gasteiger partial charge in [0.25, 0.3) is 0 Å².